The Balaban J connectivity index is 1.60. The molecule has 1 aliphatic heterocycles. The largest absolute Gasteiger partial charge is 0.505 e. The molecule has 4 aromatic rings. The van der Waals surface area contributed by atoms with Crippen molar-refractivity contribution in [1.82, 2.24) is 25.5 Å². The molecule has 5 rings (SSSR count). The number of aryl methyl sites for hydroxylation is 2. The van der Waals surface area contributed by atoms with Crippen molar-refractivity contribution in [3.63, 3.8) is 0 Å². The van der Waals surface area contributed by atoms with Crippen LogP contribution in [0, 0.1) is 25.7 Å². The number of phenols is 1. The summed E-state index contributed by atoms with van der Waals surface area (Å²) in [6.45, 7) is 16.6. The molecule has 7 N–H and O–H groups in total. The number of hydrogen-bond donors (Lipinski definition) is 5. The highest BCUT2D eigenvalue weighted by Crippen LogP contribution is 2.43. The number of aromatic nitrogens is 2. The number of carbonyl (C=O) groups excluding carboxylic acids is 6. The molecule has 0 unspecified atom stereocenters. The van der Waals surface area contributed by atoms with Gasteiger partial charge in [-0.2, -0.15) is 0 Å². The molecule has 0 saturated carbocycles. The van der Waals surface area contributed by atoms with Gasteiger partial charge in [0.15, 0.2) is 17.4 Å². The Morgan fingerprint density at radius 2 is 1.59 bits per heavy atom. The average Bonchev–Trinajstić information content (AvgIpc) is 3.27. The number of nitrogens with zero attached hydrogens (tertiary/aromatic N) is 3. The van der Waals surface area contributed by atoms with E-state index in [1.807, 2.05) is 24.3 Å². The number of phenolic OH excluding ortho intramolecular Hbond substituents is 1. The van der Waals surface area contributed by atoms with Crippen LogP contribution in [0.1, 0.15) is 112 Å². The zero-order chi connectivity index (χ0) is 51.1. The molecule has 0 saturated heterocycles. The highest BCUT2D eigenvalue weighted by Gasteiger charge is 2.37. The first-order valence-electron chi connectivity index (χ1n) is 23.1. The van der Waals surface area contributed by atoms with E-state index in [2.05, 4.69) is 31.4 Å². The number of carbonyl (C=O) groups is 6. The molecule has 4 atom stereocenters. The second-order valence-electron chi connectivity index (χ2n) is 19.6. The van der Waals surface area contributed by atoms with Gasteiger partial charge in [0.2, 0.25) is 11.8 Å². The molecule has 1 aliphatic rings. The summed E-state index contributed by atoms with van der Waals surface area (Å²) < 4.78 is 16.4. The molecular formula is C52H67N7O10. The minimum atomic E-state index is -1.43. The van der Waals surface area contributed by atoms with Crippen molar-refractivity contribution in [2.75, 3.05) is 39.6 Å². The number of anilines is 1. The predicted octanol–water partition coefficient (Wildman–Crippen LogP) is 6.46. The number of ketones is 2. The summed E-state index contributed by atoms with van der Waals surface area (Å²) in [4.78, 5) is 94.6. The van der Waals surface area contributed by atoms with Crippen LogP contribution >= 0.6 is 0 Å². The van der Waals surface area contributed by atoms with Crippen molar-refractivity contribution in [3.8, 4) is 34.0 Å². The van der Waals surface area contributed by atoms with Crippen LogP contribution in [0.25, 0.3) is 22.5 Å². The van der Waals surface area contributed by atoms with E-state index >= 15 is 4.79 Å². The molecule has 3 aromatic carbocycles. The van der Waals surface area contributed by atoms with Gasteiger partial charge in [-0.3, -0.25) is 19.2 Å². The Morgan fingerprint density at radius 1 is 0.942 bits per heavy atom. The number of fused-ring (bicyclic) bond motifs is 5. The Labute approximate surface area is 404 Å². The zero-order valence-corrected chi connectivity index (χ0v) is 41.6. The number of esters is 1. The fourth-order valence-electron chi connectivity index (χ4n) is 8.35. The van der Waals surface area contributed by atoms with Crippen LogP contribution in [0.15, 0.2) is 54.6 Å². The van der Waals surface area contributed by atoms with Crippen LogP contribution < -0.4 is 26.8 Å². The molecule has 17 nitrogen and oxygen atoms in total. The number of methoxy groups -OCH3 is 1. The number of hydrogen-bond acceptors (Lipinski definition) is 14. The number of benzene rings is 3. The molecule has 2 heterocycles. The molecule has 3 amide bonds. The first-order chi connectivity index (χ1) is 32.3. The molecule has 4 bridgehead atoms. The lowest BCUT2D eigenvalue weighted by molar-refractivity contribution is -0.146. The van der Waals surface area contributed by atoms with Gasteiger partial charge in [0.1, 0.15) is 35.8 Å². The van der Waals surface area contributed by atoms with E-state index in [9.17, 15) is 29.1 Å². The number of ether oxygens (including phenoxy) is 3. The maximum absolute atomic E-state index is 15.1. The SMILES string of the molecule is COC(=O)[C@@H]1Cc2ccc(OCCN)c(c2)-c2cc(cc(N)c2O)[C@H](N(C)C(=O)[C@H](CCNC(=O)OC(C)(C)C)CC(=O)c2c(C)nc(-c3ccc(C(C)(C)C)cc3)nc2C)C(=O)C[C@@H](C)C(=O)N1. The summed E-state index contributed by atoms with van der Waals surface area (Å²) in [5.74, 6) is -4.77. The van der Waals surface area contributed by atoms with Crippen molar-refractivity contribution in [1.29, 1.82) is 0 Å². The summed E-state index contributed by atoms with van der Waals surface area (Å²) in [7, 11) is 2.60. The van der Waals surface area contributed by atoms with Crippen LogP contribution in [0.4, 0.5) is 10.5 Å². The summed E-state index contributed by atoms with van der Waals surface area (Å²) in [6.07, 6.45) is -1.57. The van der Waals surface area contributed by atoms with E-state index < -0.39 is 71.4 Å². The van der Waals surface area contributed by atoms with E-state index in [-0.39, 0.29) is 72.5 Å². The topological polar surface area (TPSA) is 255 Å². The van der Waals surface area contributed by atoms with Crippen LogP contribution in [0.2, 0.25) is 0 Å². The quantitative estimate of drug-likeness (QED) is 0.0417. The third-order valence-electron chi connectivity index (χ3n) is 11.9. The number of nitrogens with one attached hydrogen (secondary N) is 2. The van der Waals surface area contributed by atoms with Gasteiger partial charge in [-0.1, -0.05) is 58.0 Å². The van der Waals surface area contributed by atoms with Gasteiger partial charge in [-0.15, -0.1) is 0 Å². The molecule has 0 spiro atoms. The fourth-order valence-corrected chi connectivity index (χ4v) is 8.35. The Hall–Kier alpha value is -6.88. The first-order valence-corrected chi connectivity index (χ1v) is 23.1. The lowest BCUT2D eigenvalue weighted by Gasteiger charge is -2.32. The normalized spacial score (nSPS) is 16.9. The molecule has 17 heteroatoms. The number of likely N-dealkylation sites (N-methyl/N-ethyl adjacent to an activating group) is 1. The second kappa shape index (κ2) is 22.0. The van der Waals surface area contributed by atoms with Gasteiger partial charge < -0.3 is 46.3 Å². The van der Waals surface area contributed by atoms with Crippen molar-refractivity contribution < 1.29 is 48.1 Å². The highest BCUT2D eigenvalue weighted by atomic mass is 16.6. The predicted molar refractivity (Wildman–Crippen MR) is 261 cm³/mol. The van der Waals surface area contributed by atoms with Gasteiger partial charge in [0.25, 0.3) is 0 Å². The van der Waals surface area contributed by atoms with Gasteiger partial charge >= 0.3 is 12.1 Å². The zero-order valence-electron chi connectivity index (χ0n) is 41.6. The van der Waals surface area contributed by atoms with Gasteiger partial charge in [-0.05, 0) is 87.4 Å². The van der Waals surface area contributed by atoms with Crippen LogP contribution in [0.5, 0.6) is 11.5 Å². The fraction of sp³-hybridized carbons (Fsp3) is 0.462. The van der Waals surface area contributed by atoms with Crippen LogP contribution in [-0.2, 0) is 40.5 Å². The third kappa shape index (κ3) is 13.2. The Kier molecular flexibility index (Phi) is 17.0. The van der Waals surface area contributed by atoms with Crippen molar-refractivity contribution >= 4 is 41.1 Å². The minimum Gasteiger partial charge on any atom is -0.505 e. The number of alkyl carbamates (subject to hydrolysis) is 1. The van der Waals surface area contributed by atoms with Crippen molar-refractivity contribution in [3.05, 3.63) is 88.2 Å². The summed E-state index contributed by atoms with van der Waals surface area (Å²) in [5, 5.41) is 17.0. The summed E-state index contributed by atoms with van der Waals surface area (Å²) in [6, 6.07) is 13.2. The van der Waals surface area contributed by atoms with E-state index in [1.54, 1.807) is 52.8 Å². The molecular weight excluding hydrogens is 883 g/mol. The maximum Gasteiger partial charge on any atom is 0.407 e. The number of rotatable bonds is 13. The van der Waals surface area contributed by atoms with E-state index in [0.29, 0.717) is 34.1 Å². The monoisotopic (exact) mass is 949 g/mol. The average molecular weight is 950 g/mol. The smallest absolute Gasteiger partial charge is 0.407 e. The Morgan fingerprint density at radius 3 is 2.19 bits per heavy atom. The molecule has 69 heavy (non-hydrogen) atoms. The van der Waals surface area contributed by atoms with Crippen LogP contribution in [-0.4, -0.2) is 101 Å². The number of nitrogens with two attached hydrogens (primary N) is 2. The van der Waals surface area contributed by atoms with Crippen LogP contribution in [0.3, 0.4) is 0 Å². The number of Topliss-reactive ketones (excluding diaryl/α,β-unsaturated/α-hetero) is 2. The number of nitrogen functional groups attached to an aromatic ring is 1. The lowest BCUT2D eigenvalue weighted by atomic mass is 9.86. The molecule has 0 radical (unpaired) electrons. The van der Waals surface area contributed by atoms with Crippen molar-refractivity contribution in [2.45, 2.75) is 111 Å². The maximum atomic E-state index is 15.1. The van der Waals surface area contributed by atoms with Gasteiger partial charge in [0, 0.05) is 67.9 Å². The highest BCUT2D eigenvalue weighted by molar-refractivity contribution is 6.01. The first kappa shape index (κ1) is 53.1. The van der Waals surface area contributed by atoms with Crippen molar-refractivity contribution in [2.24, 2.45) is 17.6 Å². The molecule has 0 aliphatic carbocycles. The Bertz CT molecular complexity index is 2560. The lowest BCUT2D eigenvalue weighted by Crippen LogP contribution is -2.46. The minimum absolute atomic E-state index is 0.0112. The second-order valence-corrected chi connectivity index (χ2v) is 19.6. The standard InChI is InChI=1S/C52H67N7O10/c1-28-22-41(61)44(34-25-37(45(62)38(54)26-34)36-23-31(12-17-42(36)68-21-19-53)24-39(49(65)67-11)58-47(28)63)59(10)48(64)33(18-20-55-50(66)69-52(7,8)9)27-40(60)43-29(2)56-46(57-30(43)3)32-13-15-35(16-14-32)51(4,5)6/h12-17,23,25-26,28,33,39,44,62H,18-22,24,27,53-54H2,1-11H3,(H,55,66)(H,58,63)/t28-,33-,39+,44+/m1/s1. The summed E-state index contributed by atoms with van der Waals surface area (Å²) in [5.41, 5.74) is 15.5. The number of aromatic hydroxyl groups is 1. The third-order valence-corrected chi connectivity index (χ3v) is 11.9. The summed E-state index contributed by atoms with van der Waals surface area (Å²) >= 11 is 0. The number of amides is 3. The van der Waals surface area contributed by atoms with E-state index in [0.717, 1.165) is 11.1 Å². The molecule has 1 aromatic heterocycles. The molecule has 370 valence electrons. The van der Waals surface area contributed by atoms with E-state index in [1.165, 1.54) is 38.1 Å². The van der Waals surface area contributed by atoms with Gasteiger partial charge in [0.05, 0.1) is 29.7 Å². The van der Waals surface area contributed by atoms with Gasteiger partial charge in [-0.25, -0.2) is 19.6 Å². The van der Waals surface area contributed by atoms with E-state index in [4.69, 9.17) is 35.6 Å². The molecule has 0 fully saturated rings.